The van der Waals surface area contributed by atoms with Crippen molar-refractivity contribution in [1.29, 1.82) is 0 Å². The Morgan fingerprint density at radius 3 is 2.34 bits per heavy atom. The minimum atomic E-state index is 0.279. The van der Waals surface area contributed by atoms with Crippen LogP contribution in [0.1, 0.15) is 37.3 Å². The van der Waals surface area contributed by atoms with E-state index in [2.05, 4.69) is 31.5 Å². The molecule has 1 saturated carbocycles. The van der Waals surface area contributed by atoms with Gasteiger partial charge in [0.2, 0.25) is 0 Å². The molecular formula is C29H36N8O. The average Bonchev–Trinajstić information content (AvgIpc) is 3.35. The smallest absolute Gasteiger partial charge is 0.164 e. The van der Waals surface area contributed by atoms with Crippen molar-refractivity contribution in [3.8, 4) is 22.8 Å². The van der Waals surface area contributed by atoms with Gasteiger partial charge in [-0.1, -0.05) is 24.3 Å². The van der Waals surface area contributed by atoms with Gasteiger partial charge in [-0.2, -0.15) is 5.10 Å². The summed E-state index contributed by atoms with van der Waals surface area (Å²) in [7, 11) is 2.21. The molecule has 6 rings (SSSR count). The van der Waals surface area contributed by atoms with Crippen LogP contribution in [0, 0.1) is 0 Å². The highest BCUT2D eigenvalue weighted by Crippen LogP contribution is 2.40. The Morgan fingerprint density at radius 2 is 1.61 bits per heavy atom. The Bertz CT molecular complexity index is 1390. The fraction of sp³-hybridized carbons (Fsp3) is 0.414. The summed E-state index contributed by atoms with van der Waals surface area (Å²) < 4.78 is 8.41. The number of piperazine rings is 1. The van der Waals surface area contributed by atoms with Crippen molar-refractivity contribution in [3.05, 3.63) is 60.4 Å². The summed E-state index contributed by atoms with van der Waals surface area (Å²) in [4.78, 5) is 14.1. The molecule has 0 radical (unpaired) electrons. The summed E-state index contributed by atoms with van der Waals surface area (Å²) >= 11 is 0. The van der Waals surface area contributed by atoms with Crippen molar-refractivity contribution in [1.82, 2.24) is 29.5 Å². The molecule has 1 saturated heterocycles. The lowest BCUT2D eigenvalue weighted by atomic mass is 9.90. The van der Waals surface area contributed by atoms with Crippen LogP contribution in [0.5, 0.6) is 11.5 Å². The molecule has 0 unspecified atom stereocenters. The standard InChI is InChI=1S/C29H36N8O/c1-35-14-16-36(17-15-35)21-8-10-22(11-9-21)37-29-26(28(31)32-19-33-29)27(34-37)24-4-2-3-5-25(24)38-23-12-6-20(18-30)7-13-23/h2-7,12-13,19,21-22H,8-11,14-18,30H2,1H3,(H2,31,32,33). The largest absolute Gasteiger partial charge is 0.457 e. The molecule has 38 heavy (non-hydrogen) atoms. The van der Waals surface area contributed by atoms with Crippen LogP contribution in [-0.4, -0.2) is 68.8 Å². The normalized spacial score (nSPS) is 21.1. The molecule has 0 bridgehead atoms. The predicted molar refractivity (Wildman–Crippen MR) is 150 cm³/mol. The number of nitrogen functional groups attached to an aromatic ring is 1. The van der Waals surface area contributed by atoms with Gasteiger partial charge < -0.3 is 21.1 Å². The molecule has 3 heterocycles. The van der Waals surface area contributed by atoms with Crippen LogP contribution in [0.3, 0.4) is 0 Å². The molecule has 4 N–H and O–H groups in total. The minimum Gasteiger partial charge on any atom is -0.457 e. The molecule has 2 fully saturated rings. The second-order valence-corrected chi connectivity index (χ2v) is 10.5. The number of fused-ring (bicyclic) bond motifs is 1. The SMILES string of the molecule is CN1CCN(C2CCC(n3nc(-c4ccccc4Oc4ccc(CN)cc4)c4c(N)ncnc43)CC2)CC1. The van der Waals surface area contributed by atoms with E-state index in [1.165, 1.54) is 19.2 Å². The van der Waals surface area contributed by atoms with Gasteiger partial charge in [-0.15, -0.1) is 0 Å². The number of rotatable bonds is 6. The first kappa shape index (κ1) is 24.8. The van der Waals surface area contributed by atoms with Crippen LogP contribution in [0.25, 0.3) is 22.3 Å². The Hall–Kier alpha value is -3.53. The number of ether oxygens (including phenoxy) is 1. The highest BCUT2D eigenvalue weighted by atomic mass is 16.5. The van der Waals surface area contributed by atoms with E-state index in [0.29, 0.717) is 24.2 Å². The predicted octanol–water partition coefficient (Wildman–Crippen LogP) is 4.06. The fourth-order valence-corrected chi connectivity index (χ4v) is 5.87. The highest BCUT2D eigenvalue weighted by molar-refractivity contribution is 5.99. The lowest BCUT2D eigenvalue weighted by Gasteiger charge is -2.41. The Labute approximate surface area is 223 Å². The summed E-state index contributed by atoms with van der Waals surface area (Å²) in [5, 5.41) is 5.92. The van der Waals surface area contributed by atoms with Crippen LogP contribution in [0.2, 0.25) is 0 Å². The van der Waals surface area contributed by atoms with Crippen LogP contribution in [-0.2, 0) is 6.54 Å². The molecule has 9 heteroatoms. The van der Waals surface area contributed by atoms with Gasteiger partial charge in [0.25, 0.3) is 0 Å². The highest BCUT2D eigenvalue weighted by Gasteiger charge is 2.31. The zero-order chi connectivity index (χ0) is 26.1. The molecule has 1 aliphatic carbocycles. The Balaban J connectivity index is 1.30. The fourth-order valence-electron chi connectivity index (χ4n) is 5.87. The molecule has 0 amide bonds. The van der Waals surface area contributed by atoms with Crippen molar-refractivity contribution in [2.24, 2.45) is 5.73 Å². The zero-order valence-electron chi connectivity index (χ0n) is 22.0. The van der Waals surface area contributed by atoms with Crippen LogP contribution in [0.15, 0.2) is 54.9 Å². The number of hydrogen-bond donors (Lipinski definition) is 2. The maximum absolute atomic E-state index is 6.43. The van der Waals surface area contributed by atoms with Crippen LogP contribution >= 0.6 is 0 Å². The van der Waals surface area contributed by atoms with Crippen LogP contribution < -0.4 is 16.2 Å². The van der Waals surface area contributed by atoms with Crippen LogP contribution in [0.4, 0.5) is 5.82 Å². The lowest BCUT2D eigenvalue weighted by Crippen LogP contribution is -2.49. The van der Waals surface area contributed by atoms with E-state index in [0.717, 1.165) is 72.6 Å². The van der Waals surface area contributed by atoms with E-state index in [1.54, 1.807) is 0 Å². The average molecular weight is 513 g/mol. The summed E-state index contributed by atoms with van der Waals surface area (Å²) in [5.74, 6) is 1.89. The molecule has 2 aromatic heterocycles. The Kier molecular flexibility index (Phi) is 6.97. The first-order valence-corrected chi connectivity index (χ1v) is 13.6. The van der Waals surface area contributed by atoms with Crippen molar-refractivity contribution < 1.29 is 4.74 Å². The topological polar surface area (TPSA) is 111 Å². The van der Waals surface area contributed by atoms with Gasteiger partial charge >= 0.3 is 0 Å². The first-order valence-electron chi connectivity index (χ1n) is 13.6. The summed E-state index contributed by atoms with van der Waals surface area (Å²) in [5.41, 5.74) is 15.7. The number of anilines is 1. The third-order valence-corrected chi connectivity index (χ3v) is 8.11. The van der Waals surface area contributed by atoms with Gasteiger partial charge in [0.05, 0.1) is 11.4 Å². The lowest BCUT2D eigenvalue weighted by molar-refractivity contribution is 0.0815. The first-order chi connectivity index (χ1) is 18.6. The summed E-state index contributed by atoms with van der Waals surface area (Å²) in [6.45, 7) is 5.13. The number of aromatic nitrogens is 4. The molecule has 2 aromatic carbocycles. The molecule has 4 aromatic rings. The maximum atomic E-state index is 6.43. The van der Waals surface area contributed by atoms with Crippen molar-refractivity contribution in [2.45, 2.75) is 44.3 Å². The van der Waals surface area contributed by atoms with Gasteiger partial charge in [0.1, 0.15) is 29.3 Å². The second kappa shape index (κ2) is 10.7. The number of benzene rings is 2. The van der Waals surface area contributed by atoms with E-state index < -0.39 is 0 Å². The van der Waals surface area contributed by atoms with Gasteiger partial charge in [-0.3, -0.25) is 4.90 Å². The number of likely N-dealkylation sites (N-methyl/N-ethyl adjacent to an activating group) is 1. The molecule has 0 spiro atoms. The van der Waals surface area contributed by atoms with Gasteiger partial charge in [0.15, 0.2) is 5.65 Å². The number of para-hydroxylation sites is 1. The maximum Gasteiger partial charge on any atom is 0.164 e. The van der Waals surface area contributed by atoms with Crippen molar-refractivity contribution in [2.75, 3.05) is 39.0 Å². The monoisotopic (exact) mass is 512 g/mol. The zero-order valence-corrected chi connectivity index (χ0v) is 22.0. The van der Waals surface area contributed by atoms with E-state index in [4.69, 9.17) is 21.3 Å². The summed E-state index contributed by atoms with van der Waals surface area (Å²) in [6.07, 6.45) is 6.02. The molecule has 0 atom stereocenters. The van der Waals surface area contributed by atoms with Gasteiger partial charge in [0, 0.05) is 44.3 Å². The minimum absolute atomic E-state index is 0.279. The van der Waals surface area contributed by atoms with E-state index in [9.17, 15) is 0 Å². The van der Waals surface area contributed by atoms with E-state index >= 15 is 0 Å². The molecular weight excluding hydrogens is 476 g/mol. The third-order valence-electron chi connectivity index (χ3n) is 8.11. The number of hydrogen-bond acceptors (Lipinski definition) is 8. The van der Waals surface area contributed by atoms with Crippen molar-refractivity contribution >= 4 is 16.9 Å². The number of nitrogens with two attached hydrogens (primary N) is 2. The molecule has 2 aliphatic rings. The quantitative estimate of drug-likeness (QED) is 0.398. The Morgan fingerprint density at radius 1 is 0.895 bits per heavy atom. The summed E-state index contributed by atoms with van der Waals surface area (Å²) in [6, 6.07) is 16.7. The van der Waals surface area contributed by atoms with E-state index in [1.807, 2.05) is 48.5 Å². The second-order valence-electron chi connectivity index (χ2n) is 10.5. The molecule has 198 valence electrons. The third kappa shape index (κ3) is 4.84. The molecule has 1 aliphatic heterocycles. The molecule has 9 nitrogen and oxygen atoms in total. The van der Waals surface area contributed by atoms with E-state index in [-0.39, 0.29) is 6.04 Å². The van der Waals surface area contributed by atoms with Gasteiger partial charge in [-0.25, -0.2) is 14.6 Å². The van der Waals surface area contributed by atoms with Crippen molar-refractivity contribution in [3.63, 3.8) is 0 Å². The number of nitrogens with zero attached hydrogens (tertiary/aromatic N) is 6. The van der Waals surface area contributed by atoms with Gasteiger partial charge in [-0.05, 0) is 62.6 Å².